The van der Waals surface area contributed by atoms with Crippen LogP contribution in [-0.4, -0.2) is 23.5 Å². The summed E-state index contributed by atoms with van der Waals surface area (Å²) in [6, 6.07) is 8.05. The van der Waals surface area contributed by atoms with E-state index < -0.39 is 0 Å². The lowest BCUT2D eigenvalue weighted by Gasteiger charge is -2.14. The molecule has 1 aromatic heterocycles. The zero-order valence-electron chi connectivity index (χ0n) is 12.9. The van der Waals surface area contributed by atoms with E-state index in [0.717, 1.165) is 36.0 Å². The van der Waals surface area contributed by atoms with Gasteiger partial charge in [-0.3, -0.25) is 4.79 Å². The maximum absolute atomic E-state index is 12.4. The third-order valence-electron chi connectivity index (χ3n) is 3.57. The summed E-state index contributed by atoms with van der Waals surface area (Å²) >= 11 is 0. The van der Waals surface area contributed by atoms with Crippen LogP contribution in [0.2, 0.25) is 0 Å². The number of rotatable bonds is 6. The molecule has 4 heteroatoms. The van der Waals surface area contributed by atoms with Gasteiger partial charge in [-0.2, -0.15) is 0 Å². The number of benzene rings is 1. The number of pyridine rings is 1. The molecule has 0 aliphatic carbocycles. The van der Waals surface area contributed by atoms with Gasteiger partial charge in [0.25, 0.3) is 5.91 Å². The average Bonchev–Trinajstić information content (AvgIpc) is 2.52. The quantitative estimate of drug-likeness (QED) is 0.853. The van der Waals surface area contributed by atoms with Crippen LogP contribution in [0.5, 0.6) is 0 Å². The lowest BCUT2D eigenvalue weighted by atomic mass is 10.1. The van der Waals surface area contributed by atoms with E-state index in [1.165, 1.54) is 0 Å². The third kappa shape index (κ3) is 3.51. The molecular weight excluding hydrogens is 262 g/mol. The monoisotopic (exact) mass is 285 g/mol. The Balaban J connectivity index is 2.40. The maximum atomic E-state index is 12.4. The first kappa shape index (κ1) is 15.3. The second kappa shape index (κ2) is 7.07. The number of carbonyl (C=O) groups is 1. The molecule has 0 bridgehead atoms. The van der Waals surface area contributed by atoms with Crippen molar-refractivity contribution in [2.75, 3.05) is 11.9 Å². The number of amides is 1. The van der Waals surface area contributed by atoms with E-state index in [9.17, 15) is 4.79 Å². The summed E-state index contributed by atoms with van der Waals surface area (Å²) in [6.45, 7) is 7.04. The predicted molar refractivity (Wildman–Crippen MR) is 87.7 cm³/mol. The fraction of sp³-hybridized carbons (Fsp3) is 0.412. The average molecular weight is 285 g/mol. The largest absolute Gasteiger partial charge is 0.370 e. The molecule has 0 aliphatic heterocycles. The summed E-state index contributed by atoms with van der Waals surface area (Å²) in [6.07, 6.45) is 3.61. The Hall–Kier alpha value is -2.10. The normalized spacial score (nSPS) is 12.1. The van der Waals surface area contributed by atoms with E-state index in [0.29, 0.717) is 5.56 Å². The van der Waals surface area contributed by atoms with Gasteiger partial charge in [-0.25, -0.2) is 4.98 Å². The third-order valence-corrected chi connectivity index (χ3v) is 3.57. The Morgan fingerprint density at radius 2 is 1.95 bits per heavy atom. The molecule has 0 spiro atoms. The number of nitrogens with zero attached hydrogens (tertiary/aromatic N) is 1. The van der Waals surface area contributed by atoms with Crippen molar-refractivity contribution >= 4 is 22.5 Å². The van der Waals surface area contributed by atoms with Crippen LogP contribution in [0.3, 0.4) is 0 Å². The van der Waals surface area contributed by atoms with Gasteiger partial charge in [0.2, 0.25) is 0 Å². The molecule has 0 radical (unpaired) electrons. The first-order chi connectivity index (χ1) is 10.2. The van der Waals surface area contributed by atoms with Gasteiger partial charge in [-0.15, -0.1) is 0 Å². The number of fused-ring (bicyclic) bond motifs is 1. The lowest BCUT2D eigenvalue weighted by Crippen LogP contribution is -2.32. The Morgan fingerprint density at radius 3 is 2.62 bits per heavy atom. The van der Waals surface area contributed by atoms with Crippen molar-refractivity contribution in [2.45, 2.75) is 39.7 Å². The lowest BCUT2D eigenvalue weighted by molar-refractivity contribution is 0.0940. The number of hydrogen-bond acceptors (Lipinski definition) is 3. The highest BCUT2D eigenvalue weighted by Gasteiger charge is 2.14. The zero-order chi connectivity index (χ0) is 15.2. The molecule has 0 fully saturated rings. The first-order valence-corrected chi connectivity index (χ1v) is 7.59. The maximum Gasteiger partial charge on any atom is 0.253 e. The van der Waals surface area contributed by atoms with E-state index in [4.69, 9.17) is 0 Å². The van der Waals surface area contributed by atoms with Crippen molar-refractivity contribution in [3.8, 4) is 0 Å². The van der Waals surface area contributed by atoms with E-state index in [-0.39, 0.29) is 11.9 Å². The standard InChI is InChI=1S/C17H23N3O/c1-4-10-18-16-14-9-7-6-8-13(14)15(11-19-16)17(21)20-12(3)5-2/h6-9,11-12H,4-5,10H2,1-3H3,(H,18,19)(H,20,21). The topological polar surface area (TPSA) is 54.0 Å². The molecule has 4 nitrogen and oxygen atoms in total. The summed E-state index contributed by atoms with van der Waals surface area (Å²) < 4.78 is 0. The number of anilines is 1. The summed E-state index contributed by atoms with van der Waals surface area (Å²) in [5.41, 5.74) is 0.632. The van der Waals surface area contributed by atoms with Crippen molar-refractivity contribution in [3.63, 3.8) is 0 Å². The van der Waals surface area contributed by atoms with E-state index >= 15 is 0 Å². The summed E-state index contributed by atoms with van der Waals surface area (Å²) in [7, 11) is 0. The Kier molecular flexibility index (Phi) is 5.14. The molecule has 0 saturated carbocycles. The van der Waals surface area contributed by atoms with Crippen molar-refractivity contribution in [2.24, 2.45) is 0 Å². The molecule has 1 atom stereocenters. The number of aromatic nitrogens is 1. The Morgan fingerprint density at radius 1 is 1.24 bits per heavy atom. The number of hydrogen-bond donors (Lipinski definition) is 2. The first-order valence-electron chi connectivity index (χ1n) is 7.59. The summed E-state index contributed by atoms with van der Waals surface area (Å²) in [5.74, 6) is 0.780. The van der Waals surface area contributed by atoms with Gasteiger partial charge in [0.1, 0.15) is 5.82 Å². The van der Waals surface area contributed by atoms with Gasteiger partial charge in [-0.1, -0.05) is 38.1 Å². The molecule has 1 aromatic carbocycles. The number of nitrogens with one attached hydrogen (secondary N) is 2. The predicted octanol–water partition coefficient (Wildman–Crippen LogP) is 3.59. The van der Waals surface area contributed by atoms with Crippen LogP contribution in [0.4, 0.5) is 5.82 Å². The smallest absolute Gasteiger partial charge is 0.253 e. The van der Waals surface area contributed by atoms with Gasteiger partial charge in [-0.05, 0) is 25.2 Å². The summed E-state index contributed by atoms with van der Waals surface area (Å²) in [4.78, 5) is 16.8. The summed E-state index contributed by atoms with van der Waals surface area (Å²) in [5, 5.41) is 8.24. The van der Waals surface area contributed by atoms with Crippen LogP contribution >= 0.6 is 0 Å². The minimum absolute atomic E-state index is 0.0601. The highest BCUT2D eigenvalue weighted by atomic mass is 16.1. The minimum atomic E-state index is -0.0601. The number of carbonyl (C=O) groups excluding carboxylic acids is 1. The van der Waals surface area contributed by atoms with E-state index in [1.807, 2.05) is 31.2 Å². The second-order valence-corrected chi connectivity index (χ2v) is 5.28. The molecule has 2 aromatic rings. The van der Waals surface area contributed by atoms with E-state index in [1.54, 1.807) is 6.20 Å². The molecule has 0 aliphatic rings. The van der Waals surface area contributed by atoms with Gasteiger partial charge in [0.15, 0.2) is 0 Å². The van der Waals surface area contributed by atoms with Crippen molar-refractivity contribution in [1.29, 1.82) is 0 Å². The van der Waals surface area contributed by atoms with Crippen LogP contribution < -0.4 is 10.6 Å². The Labute approximate surface area is 126 Å². The fourth-order valence-corrected chi connectivity index (χ4v) is 2.16. The van der Waals surface area contributed by atoms with Crippen LogP contribution in [-0.2, 0) is 0 Å². The van der Waals surface area contributed by atoms with Gasteiger partial charge < -0.3 is 10.6 Å². The SMILES string of the molecule is CCCNc1ncc(C(=O)NC(C)CC)c2ccccc12. The van der Waals surface area contributed by atoms with Crippen molar-refractivity contribution in [1.82, 2.24) is 10.3 Å². The molecule has 1 unspecified atom stereocenters. The van der Waals surface area contributed by atoms with Gasteiger partial charge in [0, 0.05) is 24.2 Å². The molecule has 21 heavy (non-hydrogen) atoms. The highest BCUT2D eigenvalue weighted by molar-refractivity contribution is 6.09. The highest BCUT2D eigenvalue weighted by Crippen LogP contribution is 2.24. The minimum Gasteiger partial charge on any atom is -0.370 e. The van der Waals surface area contributed by atoms with Crippen molar-refractivity contribution < 1.29 is 4.79 Å². The zero-order valence-corrected chi connectivity index (χ0v) is 12.9. The molecule has 112 valence electrons. The second-order valence-electron chi connectivity index (χ2n) is 5.28. The molecule has 1 amide bonds. The van der Waals surface area contributed by atoms with Crippen LogP contribution in [0.1, 0.15) is 44.0 Å². The molecule has 2 rings (SSSR count). The van der Waals surface area contributed by atoms with Crippen molar-refractivity contribution in [3.05, 3.63) is 36.0 Å². The molecule has 1 heterocycles. The molecular formula is C17H23N3O. The van der Waals surface area contributed by atoms with Crippen LogP contribution in [0, 0.1) is 0 Å². The molecule has 0 saturated heterocycles. The van der Waals surface area contributed by atoms with Crippen LogP contribution in [0.25, 0.3) is 10.8 Å². The van der Waals surface area contributed by atoms with Gasteiger partial charge in [0.05, 0.1) is 5.56 Å². The van der Waals surface area contributed by atoms with E-state index in [2.05, 4.69) is 29.5 Å². The fourth-order valence-electron chi connectivity index (χ4n) is 2.16. The van der Waals surface area contributed by atoms with Gasteiger partial charge >= 0.3 is 0 Å². The Bertz CT molecular complexity index is 624. The molecule has 2 N–H and O–H groups in total. The van der Waals surface area contributed by atoms with Crippen LogP contribution in [0.15, 0.2) is 30.5 Å².